The molecule has 0 radical (unpaired) electrons. The number of hydrogen-bond acceptors (Lipinski definition) is 3. The van der Waals surface area contributed by atoms with Crippen LogP contribution in [0.25, 0.3) is 0 Å². The molecule has 1 unspecified atom stereocenters. The monoisotopic (exact) mass is 245 g/mol. The summed E-state index contributed by atoms with van der Waals surface area (Å²) in [5, 5.41) is 0. The lowest BCUT2D eigenvalue weighted by molar-refractivity contribution is 0.150. The molecule has 96 valence electrons. The number of benzene rings is 1. The lowest BCUT2D eigenvalue weighted by Gasteiger charge is -2.16. The fraction of sp³-hybridized carbons (Fsp3) is 0.500. The molecule has 0 aliphatic rings. The molecule has 0 spiro atoms. The van der Waals surface area contributed by atoms with Crippen molar-refractivity contribution >= 4 is 0 Å². The van der Waals surface area contributed by atoms with Gasteiger partial charge in [-0.05, 0) is 31.0 Å². The summed E-state index contributed by atoms with van der Waals surface area (Å²) in [6.07, 6.45) is -2.08. The van der Waals surface area contributed by atoms with E-state index in [4.69, 9.17) is 15.2 Å². The Balaban J connectivity index is 3.26. The molecule has 0 aliphatic heterocycles. The maximum absolute atomic E-state index is 12.7. The van der Waals surface area contributed by atoms with E-state index >= 15 is 0 Å². The second-order valence-electron chi connectivity index (χ2n) is 3.90. The number of halogens is 2. The van der Waals surface area contributed by atoms with Crippen molar-refractivity contribution in [3.63, 3.8) is 0 Å². The first-order chi connectivity index (χ1) is 7.99. The summed E-state index contributed by atoms with van der Waals surface area (Å²) < 4.78 is 35.6. The second kappa shape index (κ2) is 5.82. The summed E-state index contributed by atoms with van der Waals surface area (Å²) in [6, 6.07) is 2.56. The van der Waals surface area contributed by atoms with Crippen LogP contribution >= 0.6 is 0 Å². The van der Waals surface area contributed by atoms with Crippen molar-refractivity contribution in [2.24, 2.45) is 5.73 Å². The van der Waals surface area contributed by atoms with Crippen LogP contribution in [0.5, 0.6) is 11.5 Å². The third-order valence-corrected chi connectivity index (χ3v) is 2.37. The highest BCUT2D eigenvalue weighted by atomic mass is 19.3. The number of hydrogen-bond donors (Lipinski definition) is 1. The zero-order valence-electron chi connectivity index (χ0n) is 10.2. The van der Waals surface area contributed by atoms with Crippen LogP contribution < -0.4 is 15.2 Å². The van der Waals surface area contributed by atoms with Gasteiger partial charge in [-0.2, -0.15) is 0 Å². The van der Waals surface area contributed by atoms with E-state index in [1.807, 2.05) is 0 Å². The van der Waals surface area contributed by atoms with Gasteiger partial charge < -0.3 is 15.2 Å². The van der Waals surface area contributed by atoms with Crippen molar-refractivity contribution in [3.05, 3.63) is 23.3 Å². The number of ether oxygens (including phenoxy) is 2. The Kier molecular flexibility index (Phi) is 4.69. The quantitative estimate of drug-likeness (QED) is 0.867. The summed E-state index contributed by atoms with van der Waals surface area (Å²) in [4.78, 5) is 0. The molecule has 0 amide bonds. The van der Waals surface area contributed by atoms with Gasteiger partial charge in [-0.15, -0.1) is 0 Å². The maximum atomic E-state index is 12.7. The van der Waals surface area contributed by atoms with Crippen LogP contribution in [-0.2, 0) is 6.42 Å². The van der Waals surface area contributed by atoms with Crippen molar-refractivity contribution < 1.29 is 18.3 Å². The third-order valence-electron chi connectivity index (χ3n) is 2.37. The van der Waals surface area contributed by atoms with Gasteiger partial charge in [0, 0.05) is 11.6 Å². The van der Waals surface area contributed by atoms with Gasteiger partial charge >= 0.3 is 0 Å². The number of nitrogens with two attached hydrogens (primary N) is 1. The van der Waals surface area contributed by atoms with E-state index in [1.54, 1.807) is 6.92 Å². The van der Waals surface area contributed by atoms with E-state index in [0.29, 0.717) is 23.5 Å². The van der Waals surface area contributed by atoms with Crippen molar-refractivity contribution in [2.45, 2.75) is 25.8 Å². The molecule has 1 aromatic rings. The molecule has 0 saturated carbocycles. The molecule has 5 heteroatoms. The van der Waals surface area contributed by atoms with Crippen molar-refractivity contribution in [3.8, 4) is 11.5 Å². The Hall–Kier alpha value is -1.36. The highest BCUT2D eigenvalue weighted by Gasteiger charge is 2.17. The topological polar surface area (TPSA) is 44.5 Å². The minimum Gasteiger partial charge on any atom is -0.493 e. The molecule has 0 saturated heterocycles. The SMILES string of the molecule is COc1cc(C(F)F)cc(CC(C)N)c1OC. The molecular weight excluding hydrogens is 228 g/mol. The Morgan fingerprint density at radius 1 is 1.24 bits per heavy atom. The summed E-state index contributed by atoms with van der Waals surface area (Å²) in [7, 11) is 2.90. The molecule has 0 bridgehead atoms. The average molecular weight is 245 g/mol. The van der Waals surface area contributed by atoms with E-state index in [2.05, 4.69) is 0 Å². The summed E-state index contributed by atoms with van der Waals surface area (Å²) in [5.74, 6) is 0.773. The molecule has 1 aromatic carbocycles. The first-order valence-corrected chi connectivity index (χ1v) is 5.28. The maximum Gasteiger partial charge on any atom is 0.263 e. The molecule has 17 heavy (non-hydrogen) atoms. The van der Waals surface area contributed by atoms with Crippen LogP contribution in [0.15, 0.2) is 12.1 Å². The molecular formula is C12H17F2NO2. The summed E-state index contributed by atoms with van der Waals surface area (Å²) in [5.41, 5.74) is 6.23. The van der Waals surface area contributed by atoms with Gasteiger partial charge in [-0.3, -0.25) is 0 Å². The van der Waals surface area contributed by atoms with E-state index in [-0.39, 0.29) is 11.6 Å². The van der Waals surface area contributed by atoms with E-state index in [1.165, 1.54) is 26.4 Å². The zero-order chi connectivity index (χ0) is 13.0. The van der Waals surface area contributed by atoms with Crippen LogP contribution in [0.3, 0.4) is 0 Å². The molecule has 0 aliphatic carbocycles. The Morgan fingerprint density at radius 3 is 2.29 bits per heavy atom. The van der Waals surface area contributed by atoms with E-state index in [9.17, 15) is 8.78 Å². The third kappa shape index (κ3) is 3.30. The summed E-state index contributed by atoms with van der Waals surface area (Å²) in [6.45, 7) is 1.81. The second-order valence-corrected chi connectivity index (χ2v) is 3.90. The van der Waals surface area contributed by atoms with Gasteiger partial charge in [-0.25, -0.2) is 8.78 Å². The van der Waals surface area contributed by atoms with Crippen LogP contribution in [0, 0.1) is 0 Å². The normalized spacial score (nSPS) is 12.6. The van der Waals surface area contributed by atoms with Gasteiger partial charge in [0.15, 0.2) is 11.5 Å². The lowest BCUT2D eigenvalue weighted by atomic mass is 10.0. The van der Waals surface area contributed by atoms with Gasteiger partial charge in [-0.1, -0.05) is 0 Å². The molecule has 3 nitrogen and oxygen atoms in total. The first kappa shape index (κ1) is 13.7. The summed E-state index contributed by atoms with van der Waals surface area (Å²) >= 11 is 0. The molecule has 0 heterocycles. The van der Waals surface area contributed by atoms with Crippen LogP contribution in [0.1, 0.15) is 24.5 Å². The smallest absolute Gasteiger partial charge is 0.263 e. The number of alkyl halides is 2. The van der Waals surface area contributed by atoms with Crippen LogP contribution in [0.2, 0.25) is 0 Å². The lowest BCUT2D eigenvalue weighted by Crippen LogP contribution is -2.18. The number of rotatable bonds is 5. The largest absolute Gasteiger partial charge is 0.493 e. The highest BCUT2D eigenvalue weighted by molar-refractivity contribution is 5.50. The molecule has 1 rings (SSSR count). The standard InChI is InChI=1S/C12H17F2NO2/c1-7(15)4-8-5-9(12(13)14)6-10(16-2)11(8)17-3/h5-7,12H,4,15H2,1-3H3. The Bertz CT molecular complexity index is 381. The minimum atomic E-state index is -2.54. The highest BCUT2D eigenvalue weighted by Crippen LogP contribution is 2.36. The fourth-order valence-electron chi connectivity index (χ4n) is 1.69. The minimum absolute atomic E-state index is 0.0849. The molecule has 0 fully saturated rings. The van der Waals surface area contributed by atoms with Gasteiger partial charge in [0.25, 0.3) is 6.43 Å². The zero-order valence-corrected chi connectivity index (χ0v) is 10.2. The number of methoxy groups -OCH3 is 2. The fourth-order valence-corrected chi connectivity index (χ4v) is 1.69. The molecule has 1 atom stereocenters. The van der Waals surface area contributed by atoms with Crippen molar-refractivity contribution in [1.82, 2.24) is 0 Å². The predicted molar refractivity (Wildman–Crippen MR) is 61.9 cm³/mol. The van der Waals surface area contributed by atoms with Crippen LogP contribution in [0.4, 0.5) is 8.78 Å². The Labute approximate surface area is 99.5 Å². The Morgan fingerprint density at radius 2 is 1.88 bits per heavy atom. The van der Waals surface area contributed by atoms with Crippen molar-refractivity contribution in [1.29, 1.82) is 0 Å². The van der Waals surface area contributed by atoms with Crippen LogP contribution in [-0.4, -0.2) is 20.3 Å². The van der Waals surface area contributed by atoms with E-state index < -0.39 is 6.43 Å². The van der Waals surface area contributed by atoms with Gasteiger partial charge in [0.2, 0.25) is 0 Å². The predicted octanol–water partition coefficient (Wildman–Crippen LogP) is 2.53. The van der Waals surface area contributed by atoms with Gasteiger partial charge in [0.1, 0.15) is 0 Å². The average Bonchev–Trinajstić information content (AvgIpc) is 2.26. The molecule has 2 N–H and O–H groups in total. The molecule has 0 aromatic heterocycles. The van der Waals surface area contributed by atoms with E-state index in [0.717, 1.165) is 0 Å². The van der Waals surface area contributed by atoms with Crippen molar-refractivity contribution in [2.75, 3.05) is 14.2 Å². The van der Waals surface area contributed by atoms with Gasteiger partial charge in [0.05, 0.1) is 14.2 Å². The first-order valence-electron chi connectivity index (χ1n) is 5.28.